The molecule has 0 saturated carbocycles. The molecule has 7 heteroatoms. The number of hydrogen-bond acceptors (Lipinski definition) is 3. The van der Waals surface area contributed by atoms with Gasteiger partial charge in [-0.05, 0) is 71.4 Å². The number of halogens is 3. The molecule has 0 aliphatic carbocycles. The molecule has 0 aliphatic rings. The maximum absolute atomic E-state index is 12.1. The number of thiophene rings is 1. The molecule has 0 aliphatic heterocycles. The maximum atomic E-state index is 12.1. The van der Waals surface area contributed by atoms with Gasteiger partial charge in [0.05, 0.1) is 5.69 Å². The summed E-state index contributed by atoms with van der Waals surface area (Å²) < 4.78 is 2.25. The van der Waals surface area contributed by atoms with Gasteiger partial charge < -0.3 is 11.1 Å². The highest BCUT2D eigenvalue weighted by molar-refractivity contribution is 9.11. The van der Waals surface area contributed by atoms with E-state index in [1.807, 2.05) is 11.4 Å². The largest absolute Gasteiger partial charge is 0.399 e. The molecule has 0 radical (unpaired) electrons. The zero-order valence-corrected chi connectivity index (χ0v) is 14.4. The number of nitrogens with one attached hydrogen (secondary N) is 1. The van der Waals surface area contributed by atoms with Crippen LogP contribution >= 0.6 is 59.1 Å². The number of benzene rings is 1. The van der Waals surface area contributed by atoms with Crippen molar-refractivity contribution in [2.24, 2.45) is 0 Å². The van der Waals surface area contributed by atoms with Crippen molar-refractivity contribution in [1.82, 2.24) is 0 Å². The Morgan fingerprint density at radius 1 is 1.17 bits per heavy atom. The lowest BCUT2D eigenvalue weighted by Gasteiger charge is -2.10. The first-order chi connectivity index (χ1) is 8.49. The Morgan fingerprint density at radius 2 is 1.78 bits per heavy atom. The number of carbonyl (C=O) groups excluding carboxylic acids is 1. The molecule has 2 aromatic rings. The molecule has 3 nitrogen and oxygen atoms in total. The number of amides is 1. The fraction of sp³-hybridized carbons (Fsp3) is 0. The Morgan fingerprint density at radius 3 is 2.28 bits per heavy atom. The van der Waals surface area contributed by atoms with Crippen LogP contribution in [0.5, 0.6) is 0 Å². The Hall–Kier alpha value is -0.370. The average molecular weight is 455 g/mol. The molecule has 1 amide bonds. The van der Waals surface area contributed by atoms with E-state index in [4.69, 9.17) is 5.73 Å². The van der Waals surface area contributed by atoms with Gasteiger partial charge in [0, 0.05) is 19.1 Å². The van der Waals surface area contributed by atoms with Gasteiger partial charge in [0.2, 0.25) is 0 Å². The van der Waals surface area contributed by atoms with Crippen LogP contribution in [0.3, 0.4) is 0 Å². The van der Waals surface area contributed by atoms with Crippen LogP contribution in [-0.4, -0.2) is 5.91 Å². The summed E-state index contributed by atoms with van der Waals surface area (Å²) >= 11 is 11.5. The standard InChI is InChI=1S/C11H7Br3N2OS/c12-6-1-2-18-10(6)11(17)16-9-7(13)3-5(15)4-8(9)14/h1-4H,15H2,(H,16,17). The Bertz CT molecular complexity index is 589. The van der Waals surface area contributed by atoms with E-state index in [1.54, 1.807) is 12.1 Å². The van der Waals surface area contributed by atoms with Gasteiger partial charge in [-0.15, -0.1) is 11.3 Å². The molecule has 18 heavy (non-hydrogen) atoms. The van der Waals surface area contributed by atoms with Gasteiger partial charge in [0.25, 0.3) is 5.91 Å². The summed E-state index contributed by atoms with van der Waals surface area (Å²) in [7, 11) is 0. The summed E-state index contributed by atoms with van der Waals surface area (Å²) in [6, 6.07) is 5.32. The van der Waals surface area contributed by atoms with Crippen molar-refractivity contribution < 1.29 is 4.79 Å². The van der Waals surface area contributed by atoms with Crippen LogP contribution in [0.15, 0.2) is 37.0 Å². The van der Waals surface area contributed by atoms with Gasteiger partial charge in [-0.25, -0.2) is 0 Å². The van der Waals surface area contributed by atoms with E-state index < -0.39 is 0 Å². The van der Waals surface area contributed by atoms with E-state index in [2.05, 4.69) is 53.1 Å². The molecule has 0 atom stereocenters. The highest BCUT2D eigenvalue weighted by atomic mass is 79.9. The third kappa shape index (κ3) is 2.96. The highest BCUT2D eigenvalue weighted by Gasteiger charge is 2.15. The third-order valence-electron chi connectivity index (χ3n) is 2.13. The lowest BCUT2D eigenvalue weighted by Crippen LogP contribution is -2.11. The number of hydrogen-bond donors (Lipinski definition) is 2. The van der Waals surface area contributed by atoms with Crippen LogP contribution < -0.4 is 11.1 Å². The van der Waals surface area contributed by atoms with Crippen molar-refractivity contribution in [2.75, 3.05) is 11.1 Å². The Labute approximate surface area is 133 Å². The second-order valence-electron chi connectivity index (χ2n) is 3.41. The lowest BCUT2D eigenvalue weighted by atomic mass is 10.3. The monoisotopic (exact) mass is 452 g/mol. The number of nitrogens with two attached hydrogens (primary N) is 1. The minimum atomic E-state index is -0.164. The van der Waals surface area contributed by atoms with E-state index in [0.717, 1.165) is 13.4 Å². The molecule has 0 bridgehead atoms. The van der Waals surface area contributed by atoms with Gasteiger partial charge in [-0.3, -0.25) is 4.79 Å². The van der Waals surface area contributed by atoms with Crippen LogP contribution in [0.25, 0.3) is 0 Å². The molecular weight excluding hydrogens is 448 g/mol. The molecule has 1 heterocycles. The first-order valence-electron chi connectivity index (χ1n) is 4.78. The van der Waals surface area contributed by atoms with Crippen molar-refractivity contribution in [1.29, 1.82) is 0 Å². The van der Waals surface area contributed by atoms with Crippen molar-refractivity contribution in [3.8, 4) is 0 Å². The normalized spacial score (nSPS) is 10.4. The molecule has 1 aromatic carbocycles. The molecule has 0 saturated heterocycles. The average Bonchev–Trinajstić information content (AvgIpc) is 2.69. The van der Waals surface area contributed by atoms with Gasteiger partial charge in [-0.1, -0.05) is 0 Å². The number of carbonyl (C=O) groups is 1. The molecular formula is C11H7Br3N2OS. The smallest absolute Gasteiger partial charge is 0.266 e. The number of anilines is 2. The number of nitrogen functional groups attached to an aromatic ring is 1. The summed E-state index contributed by atoms with van der Waals surface area (Å²) in [4.78, 5) is 12.7. The molecule has 3 N–H and O–H groups in total. The quantitative estimate of drug-likeness (QED) is 0.636. The molecule has 0 spiro atoms. The highest BCUT2D eigenvalue weighted by Crippen LogP contribution is 2.34. The van der Waals surface area contributed by atoms with E-state index >= 15 is 0 Å². The predicted molar refractivity (Wildman–Crippen MR) is 86.2 cm³/mol. The topological polar surface area (TPSA) is 55.1 Å². The summed E-state index contributed by atoms with van der Waals surface area (Å²) in [5.74, 6) is -0.164. The van der Waals surface area contributed by atoms with Crippen LogP contribution in [0, 0.1) is 0 Å². The predicted octanol–water partition coefficient (Wildman–Crippen LogP) is 4.87. The van der Waals surface area contributed by atoms with Crippen LogP contribution in [0.1, 0.15) is 9.67 Å². The SMILES string of the molecule is Nc1cc(Br)c(NC(=O)c2sccc2Br)c(Br)c1. The van der Waals surface area contributed by atoms with E-state index in [1.165, 1.54) is 11.3 Å². The Balaban J connectivity index is 2.31. The van der Waals surface area contributed by atoms with Crippen molar-refractivity contribution in [2.45, 2.75) is 0 Å². The zero-order valence-electron chi connectivity index (χ0n) is 8.84. The molecule has 2 rings (SSSR count). The minimum Gasteiger partial charge on any atom is -0.399 e. The van der Waals surface area contributed by atoms with Gasteiger partial charge in [0.1, 0.15) is 4.88 Å². The summed E-state index contributed by atoms with van der Waals surface area (Å²) in [6.45, 7) is 0. The summed E-state index contributed by atoms with van der Waals surface area (Å²) in [5.41, 5.74) is 6.98. The molecule has 0 fully saturated rings. The van der Waals surface area contributed by atoms with Gasteiger partial charge >= 0.3 is 0 Å². The van der Waals surface area contributed by atoms with Crippen LogP contribution in [-0.2, 0) is 0 Å². The number of rotatable bonds is 2. The van der Waals surface area contributed by atoms with E-state index in [-0.39, 0.29) is 5.91 Å². The fourth-order valence-corrected chi connectivity index (χ4v) is 4.20. The first kappa shape index (κ1) is 14.0. The Kier molecular flexibility index (Phi) is 4.47. The molecule has 94 valence electrons. The fourth-order valence-electron chi connectivity index (χ4n) is 1.34. The lowest BCUT2D eigenvalue weighted by molar-refractivity contribution is 0.103. The minimum absolute atomic E-state index is 0.164. The third-order valence-corrected chi connectivity index (χ3v) is 5.21. The van der Waals surface area contributed by atoms with Crippen LogP contribution in [0.4, 0.5) is 11.4 Å². The van der Waals surface area contributed by atoms with Crippen molar-refractivity contribution in [3.63, 3.8) is 0 Å². The van der Waals surface area contributed by atoms with Gasteiger partial charge in [-0.2, -0.15) is 0 Å². The zero-order chi connectivity index (χ0) is 13.3. The van der Waals surface area contributed by atoms with E-state index in [9.17, 15) is 4.79 Å². The summed E-state index contributed by atoms with van der Waals surface area (Å²) in [5, 5.41) is 4.69. The maximum Gasteiger partial charge on any atom is 0.266 e. The van der Waals surface area contributed by atoms with Crippen LogP contribution in [0.2, 0.25) is 0 Å². The van der Waals surface area contributed by atoms with E-state index in [0.29, 0.717) is 16.3 Å². The van der Waals surface area contributed by atoms with Gasteiger partial charge in [0.15, 0.2) is 0 Å². The molecule has 0 unspecified atom stereocenters. The summed E-state index contributed by atoms with van der Waals surface area (Å²) in [6.07, 6.45) is 0. The second-order valence-corrected chi connectivity index (χ2v) is 6.89. The van der Waals surface area contributed by atoms with Crippen molar-refractivity contribution in [3.05, 3.63) is 41.9 Å². The molecule has 1 aromatic heterocycles. The van der Waals surface area contributed by atoms with Crippen molar-refractivity contribution >= 4 is 76.4 Å². The first-order valence-corrected chi connectivity index (χ1v) is 8.03. The second kappa shape index (κ2) is 5.73.